The van der Waals surface area contributed by atoms with Crippen LogP contribution < -0.4 is 4.74 Å². The predicted molar refractivity (Wildman–Crippen MR) is 162 cm³/mol. The van der Waals surface area contributed by atoms with Gasteiger partial charge in [0, 0.05) is 29.6 Å². The van der Waals surface area contributed by atoms with Crippen LogP contribution in [0, 0.1) is 28.4 Å². The van der Waals surface area contributed by atoms with Crippen molar-refractivity contribution in [3.63, 3.8) is 0 Å². The third-order valence-corrected chi connectivity index (χ3v) is 7.00. The number of aromatic nitrogens is 1. The molecule has 0 fully saturated rings. The van der Waals surface area contributed by atoms with E-state index in [1.807, 2.05) is 72.2 Å². The number of rotatable bonds is 8. The van der Waals surface area contributed by atoms with Gasteiger partial charge in [-0.1, -0.05) is 48.9 Å². The highest BCUT2D eigenvalue weighted by molar-refractivity contribution is 5.94. The maximum atomic E-state index is 11.4. The number of non-ortho nitro benzene ring substituents is 1. The molecule has 5 aromatic rings. The van der Waals surface area contributed by atoms with Crippen LogP contribution in [-0.2, 0) is 6.42 Å². The minimum atomic E-state index is -0.429. The molecule has 0 radical (unpaired) electrons. The molecule has 41 heavy (non-hydrogen) atoms. The van der Waals surface area contributed by atoms with Gasteiger partial charge < -0.3 is 4.74 Å². The number of ether oxygens (including phenoxy) is 1. The lowest BCUT2D eigenvalue weighted by atomic mass is 9.97. The van der Waals surface area contributed by atoms with E-state index in [1.54, 1.807) is 25.5 Å². The number of hydrogen-bond donors (Lipinski definition) is 0. The van der Waals surface area contributed by atoms with Crippen LogP contribution in [0.4, 0.5) is 11.5 Å². The van der Waals surface area contributed by atoms with Gasteiger partial charge in [-0.05, 0) is 84.1 Å². The van der Waals surface area contributed by atoms with Crippen LogP contribution in [0.25, 0.3) is 28.1 Å². The first-order chi connectivity index (χ1) is 19.9. The molecule has 1 heterocycles. The first-order valence-corrected chi connectivity index (χ1v) is 13.2. The zero-order valence-electron chi connectivity index (χ0n) is 23.0. The second-order valence-corrected chi connectivity index (χ2v) is 9.59. The molecule has 5 rings (SSSR count). The number of nitro groups is 1. The number of methoxy groups -OCH3 is 1. The van der Waals surface area contributed by atoms with Gasteiger partial charge >= 0.3 is 0 Å². The molecule has 0 spiro atoms. The number of nitrogens with zero attached hydrogens (tertiary/aromatic N) is 4. The zero-order valence-corrected chi connectivity index (χ0v) is 23.0. The summed E-state index contributed by atoms with van der Waals surface area (Å²) in [6, 6.07) is 32.5. The van der Waals surface area contributed by atoms with Crippen LogP contribution in [0.5, 0.6) is 5.75 Å². The van der Waals surface area contributed by atoms with Crippen LogP contribution in [0.2, 0.25) is 0 Å². The van der Waals surface area contributed by atoms with Gasteiger partial charge in [0.1, 0.15) is 17.4 Å². The van der Waals surface area contributed by atoms with Gasteiger partial charge in [0.2, 0.25) is 0 Å². The maximum Gasteiger partial charge on any atom is 0.269 e. The molecule has 0 unspecified atom stereocenters. The zero-order chi connectivity index (χ0) is 28.9. The summed E-state index contributed by atoms with van der Waals surface area (Å²) < 4.78 is 7.27. The fraction of sp³-hybridized carbons (Fsp3) is 0.118. The summed E-state index contributed by atoms with van der Waals surface area (Å²) >= 11 is 0. The molecule has 0 aliphatic rings. The van der Waals surface area contributed by atoms with Crippen molar-refractivity contribution in [1.82, 2.24) is 4.57 Å². The molecule has 0 amide bonds. The van der Waals surface area contributed by atoms with Crippen molar-refractivity contribution < 1.29 is 9.66 Å². The summed E-state index contributed by atoms with van der Waals surface area (Å²) in [4.78, 5) is 15.8. The average Bonchev–Trinajstić information content (AvgIpc) is 3.34. The molecule has 4 aromatic carbocycles. The van der Waals surface area contributed by atoms with E-state index in [1.165, 1.54) is 17.7 Å². The van der Waals surface area contributed by atoms with Crippen LogP contribution in [0.3, 0.4) is 0 Å². The number of aryl methyl sites for hydroxylation is 2. The highest BCUT2D eigenvalue weighted by Gasteiger charge is 2.26. The summed E-state index contributed by atoms with van der Waals surface area (Å²) in [5, 5.41) is 21.9. The van der Waals surface area contributed by atoms with Crippen molar-refractivity contribution in [3.05, 3.63) is 129 Å². The monoisotopic (exact) mass is 540 g/mol. The first-order valence-electron chi connectivity index (χ1n) is 13.2. The Bertz CT molecular complexity index is 1760. The van der Waals surface area contributed by atoms with E-state index in [-0.39, 0.29) is 5.69 Å². The summed E-state index contributed by atoms with van der Waals surface area (Å²) in [6.07, 6.45) is 2.62. The van der Waals surface area contributed by atoms with Crippen molar-refractivity contribution >= 4 is 17.7 Å². The lowest BCUT2D eigenvalue weighted by Gasteiger charge is -2.14. The minimum Gasteiger partial charge on any atom is -0.497 e. The normalized spacial score (nSPS) is 11.0. The van der Waals surface area contributed by atoms with Crippen molar-refractivity contribution in [2.24, 2.45) is 4.99 Å². The van der Waals surface area contributed by atoms with E-state index in [9.17, 15) is 15.4 Å². The van der Waals surface area contributed by atoms with Gasteiger partial charge in [0.25, 0.3) is 5.69 Å². The number of nitriles is 1. The Morgan fingerprint density at radius 1 is 0.927 bits per heavy atom. The number of aliphatic imine (C=N–C) groups is 1. The summed E-state index contributed by atoms with van der Waals surface area (Å²) in [5.74, 6) is 1.20. The third-order valence-electron chi connectivity index (χ3n) is 7.00. The van der Waals surface area contributed by atoms with Crippen molar-refractivity contribution in [2.45, 2.75) is 20.3 Å². The van der Waals surface area contributed by atoms with Crippen molar-refractivity contribution in [3.8, 4) is 39.9 Å². The first kappa shape index (κ1) is 27.1. The van der Waals surface area contributed by atoms with Gasteiger partial charge in [0.05, 0.1) is 17.7 Å². The highest BCUT2D eigenvalue weighted by atomic mass is 16.6. The molecule has 202 valence electrons. The Hall–Kier alpha value is -5.48. The molecule has 0 N–H and O–H groups in total. The summed E-state index contributed by atoms with van der Waals surface area (Å²) in [6.45, 7) is 4.13. The van der Waals surface area contributed by atoms with Gasteiger partial charge in [0.15, 0.2) is 5.82 Å². The Balaban J connectivity index is 1.83. The Kier molecular flexibility index (Phi) is 7.75. The van der Waals surface area contributed by atoms with Gasteiger partial charge in [-0.3, -0.25) is 14.7 Å². The molecule has 0 atom stereocenters. The lowest BCUT2D eigenvalue weighted by molar-refractivity contribution is -0.384. The summed E-state index contributed by atoms with van der Waals surface area (Å²) in [5.41, 5.74) is 7.38. The molecule has 0 aliphatic carbocycles. The van der Waals surface area contributed by atoms with Gasteiger partial charge in [-0.25, -0.2) is 4.99 Å². The molecule has 7 nitrogen and oxygen atoms in total. The topological polar surface area (TPSA) is 93.5 Å². The number of benzene rings is 4. The summed E-state index contributed by atoms with van der Waals surface area (Å²) in [7, 11) is 1.62. The molecule has 1 aromatic heterocycles. The molecule has 0 saturated carbocycles. The third kappa shape index (κ3) is 5.49. The van der Waals surface area contributed by atoms with Crippen LogP contribution in [0.15, 0.2) is 102 Å². The second kappa shape index (κ2) is 11.7. The van der Waals surface area contributed by atoms with E-state index in [4.69, 9.17) is 9.73 Å². The van der Waals surface area contributed by atoms with Crippen LogP contribution in [0.1, 0.15) is 29.2 Å². The molecule has 0 aliphatic heterocycles. The fourth-order valence-electron chi connectivity index (χ4n) is 4.76. The minimum absolute atomic E-state index is 0.0168. The molecule has 0 bridgehead atoms. The Labute approximate surface area is 238 Å². The van der Waals surface area contributed by atoms with Crippen molar-refractivity contribution in [1.29, 1.82) is 5.26 Å². The molecular weight excluding hydrogens is 512 g/mol. The standard InChI is InChI=1S/C34H28N4O3/c1-4-24-7-11-27(12-8-24)33-32(26-13-17-29(18-14-26)38(39)40)31(21-35)34(37(33)28-15-5-23(2)6-16-28)36-22-25-9-19-30(41-3)20-10-25/h5-20,22H,4H2,1-3H3/b36-22+. The molecular formula is C34H28N4O3. The lowest BCUT2D eigenvalue weighted by Crippen LogP contribution is -1.98. The van der Waals surface area contributed by atoms with Crippen LogP contribution >= 0.6 is 0 Å². The second-order valence-electron chi connectivity index (χ2n) is 9.59. The Morgan fingerprint density at radius 3 is 2.12 bits per heavy atom. The van der Waals surface area contributed by atoms with Gasteiger partial charge in [-0.15, -0.1) is 0 Å². The van der Waals surface area contributed by atoms with E-state index < -0.39 is 4.92 Å². The highest BCUT2D eigenvalue weighted by Crippen LogP contribution is 2.45. The number of nitro benzene ring substituents is 1. The van der Waals surface area contributed by atoms with E-state index in [0.717, 1.165) is 40.2 Å². The van der Waals surface area contributed by atoms with Crippen LogP contribution in [-0.4, -0.2) is 22.8 Å². The SMILES string of the molecule is CCc1ccc(-c2c(-c3ccc([N+](=O)[O-])cc3)c(C#N)c(/N=C/c3ccc(OC)cc3)n2-c2ccc(C)cc2)cc1. The van der Waals surface area contributed by atoms with Gasteiger partial charge in [-0.2, -0.15) is 5.26 Å². The largest absolute Gasteiger partial charge is 0.497 e. The maximum absolute atomic E-state index is 11.4. The van der Waals surface area contributed by atoms with E-state index >= 15 is 0 Å². The quantitative estimate of drug-likeness (QED) is 0.113. The molecule has 7 heteroatoms. The smallest absolute Gasteiger partial charge is 0.269 e. The Morgan fingerprint density at radius 2 is 1.56 bits per heavy atom. The van der Waals surface area contributed by atoms with E-state index in [2.05, 4.69) is 25.1 Å². The number of hydrogen-bond acceptors (Lipinski definition) is 5. The van der Waals surface area contributed by atoms with E-state index in [0.29, 0.717) is 22.5 Å². The fourth-order valence-corrected chi connectivity index (χ4v) is 4.76. The van der Waals surface area contributed by atoms with Crippen molar-refractivity contribution in [2.75, 3.05) is 7.11 Å². The predicted octanol–water partition coefficient (Wildman–Crippen LogP) is 8.22. The molecule has 0 saturated heterocycles. The average molecular weight is 541 g/mol.